The van der Waals surface area contributed by atoms with Crippen LogP contribution in [0, 0.1) is 15.9 Å². The van der Waals surface area contributed by atoms with Gasteiger partial charge in [-0.3, -0.25) is 10.1 Å². The summed E-state index contributed by atoms with van der Waals surface area (Å²) < 4.78 is 13.2. The lowest BCUT2D eigenvalue weighted by Gasteiger charge is -2.30. The van der Waals surface area contributed by atoms with Crippen molar-refractivity contribution in [3.63, 3.8) is 0 Å². The first kappa shape index (κ1) is 14.3. The molecule has 0 bridgehead atoms. The molecule has 0 spiro atoms. The van der Waals surface area contributed by atoms with Crippen LogP contribution in [0.15, 0.2) is 18.2 Å². The largest absolute Gasteiger partial charge is 0.394 e. The maximum Gasteiger partial charge on any atom is 0.274 e. The van der Waals surface area contributed by atoms with E-state index in [1.54, 1.807) is 6.92 Å². The van der Waals surface area contributed by atoms with Crippen LogP contribution in [0.3, 0.4) is 0 Å². The van der Waals surface area contributed by atoms with Crippen molar-refractivity contribution in [1.29, 1.82) is 0 Å². The minimum atomic E-state index is -1.03. The van der Waals surface area contributed by atoms with Gasteiger partial charge in [-0.2, -0.15) is 0 Å². The fourth-order valence-electron chi connectivity index (χ4n) is 1.50. The van der Waals surface area contributed by atoms with Gasteiger partial charge in [0.15, 0.2) is 0 Å². The molecule has 0 saturated carbocycles. The number of halogens is 1. The number of non-ortho nitro benzene ring substituents is 1. The number of nitrogens with zero attached hydrogens (tertiary/aromatic N) is 1. The number of nitrogens with one attached hydrogen (secondary N) is 1. The number of nitro groups is 1. The first-order valence-electron chi connectivity index (χ1n) is 5.41. The topological polar surface area (TPSA) is 95.6 Å². The van der Waals surface area contributed by atoms with Gasteiger partial charge in [-0.1, -0.05) is 6.92 Å². The maximum absolute atomic E-state index is 13.2. The highest BCUT2D eigenvalue weighted by molar-refractivity contribution is 5.53. The van der Waals surface area contributed by atoms with Crippen LogP contribution in [0.4, 0.5) is 15.8 Å². The third-order valence-corrected chi connectivity index (χ3v) is 2.78. The van der Waals surface area contributed by atoms with Crippen LogP contribution in [0.1, 0.15) is 13.3 Å². The maximum atomic E-state index is 13.2. The van der Waals surface area contributed by atoms with E-state index in [2.05, 4.69) is 5.32 Å². The van der Waals surface area contributed by atoms with E-state index >= 15 is 0 Å². The van der Waals surface area contributed by atoms with Crippen molar-refractivity contribution >= 4 is 11.4 Å². The molecule has 0 aliphatic carbocycles. The first-order valence-corrected chi connectivity index (χ1v) is 5.41. The zero-order valence-corrected chi connectivity index (χ0v) is 9.89. The number of rotatable bonds is 6. The number of aliphatic hydroxyl groups excluding tert-OH is 2. The van der Waals surface area contributed by atoms with E-state index < -0.39 is 22.0 Å². The molecule has 0 unspecified atom stereocenters. The summed E-state index contributed by atoms with van der Waals surface area (Å²) >= 11 is 0. The Bertz CT molecular complexity index is 427. The van der Waals surface area contributed by atoms with E-state index in [9.17, 15) is 24.7 Å². The summed E-state index contributed by atoms with van der Waals surface area (Å²) in [6.07, 6.45) is 0.379. The molecule has 0 aliphatic rings. The van der Waals surface area contributed by atoms with Crippen LogP contribution in [0.5, 0.6) is 0 Å². The third kappa shape index (κ3) is 3.14. The lowest BCUT2D eigenvalue weighted by molar-refractivity contribution is -0.385. The quantitative estimate of drug-likeness (QED) is 0.527. The molecule has 0 radical (unpaired) electrons. The third-order valence-electron chi connectivity index (χ3n) is 2.78. The van der Waals surface area contributed by atoms with Crippen molar-refractivity contribution < 1.29 is 19.5 Å². The Morgan fingerprint density at radius 2 is 2.00 bits per heavy atom. The minimum absolute atomic E-state index is 0.145. The first-order chi connectivity index (χ1) is 8.46. The molecule has 1 aromatic carbocycles. The summed E-state index contributed by atoms with van der Waals surface area (Å²) in [6, 6.07) is 3.03. The van der Waals surface area contributed by atoms with Crippen molar-refractivity contribution in [2.45, 2.75) is 18.9 Å². The fourth-order valence-corrected chi connectivity index (χ4v) is 1.50. The number of nitro benzene ring substituents is 1. The molecule has 1 aromatic rings. The monoisotopic (exact) mass is 258 g/mol. The second-order valence-corrected chi connectivity index (χ2v) is 4.03. The van der Waals surface area contributed by atoms with Crippen LogP contribution in [0.25, 0.3) is 0 Å². The van der Waals surface area contributed by atoms with Crippen LogP contribution < -0.4 is 5.32 Å². The van der Waals surface area contributed by atoms with E-state index in [-0.39, 0.29) is 18.9 Å². The normalized spacial score (nSPS) is 11.3. The minimum Gasteiger partial charge on any atom is -0.394 e. The van der Waals surface area contributed by atoms with Gasteiger partial charge in [0.25, 0.3) is 5.69 Å². The van der Waals surface area contributed by atoms with Gasteiger partial charge >= 0.3 is 0 Å². The predicted octanol–water partition coefficient (Wildman–Crippen LogP) is 1.28. The molecule has 0 saturated heterocycles. The standard InChI is InChI=1S/C11H15FN2O4/c1-2-11(6-15,7-16)13-9-3-8(12)4-10(5-9)14(17)18/h3-5,13,15-16H,2,6-7H2,1H3. The van der Waals surface area contributed by atoms with Gasteiger partial charge < -0.3 is 15.5 Å². The molecule has 0 atom stereocenters. The van der Waals surface area contributed by atoms with E-state index in [1.807, 2.05) is 0 Å². The second kappa shape index (κ2) is 5.74. The van der Waals surface area contributed by atoms with Gasteiger partial charge in [0.05, 0.1) is 29.7 Å². The zero-order valence-electron chi connectivity index (χ0n) is 9.89. The molecule has 0 amide bonds. The highest BCUT2D eigenvalue weighted by Gasteiger charge is 2.27. The molecule has 0 heterocycles. The van der Waals surface area contributed by atoms with Gasteiger partial charge in [-0.05, 0) is 12.5 Å². The Morgan fingerprint density at radius 1 is 1.39 bits per heavy atom. The molecule has 100 valence electrons. The van der Waals surface area contributed by atoms with E-state index in [4.69, 9.17) is 0 Å². The summed E-state index contributed by atoms with van der Waals surface area (Å²) in [5.74, 6) is -0.757. The molecule has 6 nitrogen and oxygen atoms in total. The van der Waals surface area contributed by atoms with Crippen molar-refractivity contribution in [3.05, 3.63) is 34.1 Å². The molecular formula is C11H15FN2O4. The average molecular weight is 258 g/mol. The fraction of sp³-hybridized carbons (Fsp3) is 0.455. The SMILES string of the molecule is CCC(CO)(CO)Nc1cc(F)cc([N+](=O)[O-])c1. The van der Waals surface area contributed by atoms with Crippen LogP contribution in [-0.2, 0) is 0 Å². The van der Waals surface area contributed by atoms with E-state index in [0.29, 0.717) is 6.42 Å². The van der Waals surface area contributed by atoms with Crippen molar-refractivity contribution in [2.24, 2.45) is 0 Å². The Morgan fingerprint density at radius 3 is 2.44 bits per heavy atom. The predicted molar refractivity (Wildman–Crippen MR) is 63.9 cm³/mol. The Hall–Kier alpha value is -1.73. The van der Waals surface area contributed by atoms with Gasteiger partial charge in [0.1, 0.15) is 5.82 Å². The van der Waals surface area contributed by atoms with Crippen LogP contribution >= 0.6 is 0 Å². The summed E-state index contributed by atoms with van der Waals surface area (Å²) in [5.41, 5.74) is -1.27. The molecule has 3 N–H and O–H groups in total. The Balaban J connectivity index is 3.06. The highest BCUT2D eigenvalue weighted by Crippen LogP contribution is 2.24. The number of aliphatic hydroxyl groups is 2. The lowest BCUT2D eigenvalue weighted by Crippen LogP contribution is -2.45. The molecular weight excluding hydrogens is 243 g/mol. The Kier molecular flexibility index (Phi) is 4.57. The summed E-state index contributed by atoms with van der Waals surface area (Å²) in [6.45, 7) is 0.988. The zero-order chi connectivity index (χ0) is 13.8. The molecule has 0 fully saturated rings. The summed E-state index contributed by atoms with van der Waals surface area (Å²) in [4.78, 5) is 9.88. The van der Waals surface area contributed by atoms with Gasteiger partial charge in [0.2, 0.25) is 0 Å². The molecule has 18 heavy (non-hydrogen) atoms. The number of hydrogen-bond donors (Lipinski definition) is 3. The lowest BCUT2D eigenvalue weighted by atomic mass is 9.98. The van der Waals surface area contributed by atoms with E-state index in [1.165, 1.54) is 0 Å². The van der Waals surface area contributed by atoms with Gasteiger partial charge in [-0.15, -0.1) is 0 Å². The highest BCUT2D eigenvalue weighted by atomic mass is 19.1. The number of anilines is 1. The van der Waals surface area contributed by atoms with Crippen molar-refractivity contribution in [3.8, 4) is 0 Å². The van der Waals surface area contributed by atoms with Crippen LogP contribution in [-0.4, -0.2) is 33.9 Å². The Labute approximate surface area is 103 Å². The van der Waals surface area contributed by atoms with Gasteiger partial charge in [-0.25, -0.2) is 4.39 Å². The summed E-state index contributed by atoms with van der Waals surface area (Å²) in [5, 5.41) is 31.8. The molecule has 0 aromatic heterocycles. The molecule has 0 aliphatic heterocycles. The average Bonchev–Trinajstić information content (AvgIpc) is 2.35. The molecule has 1 rings (SSSR count). The smallest absolute Gasteiger partial charge is 0.274 e. The van der Waals surface area contributed by atoms with Gasteiger partial charge in [0, 0.05) is 11.8 Å². The molecule has 7 heteroatoms. The van der Waals surface area contributed by atoms with Crippen molar-refractivity contribution in [2.75, 3.05) is 18.5 Å². The summed E-state index contributed by atoms with van der Waals surface area (Å²) in [7, 11) is 0. The number of hydrogen-bond acceptors (Lipinski definition) is 5. The van der Waals surface area contributed by atoms with Crippen LogP contribution in [0.2, 0.25) is 0 Å². The number of benzene rings is 1. The second-order valence-electron chi connectivity index (χ2n) is 4.03. The van der Waals surface area contributed by atoms with E-state index in [0.717, 1.165) is 18.2 Å². The van der Waals surface area contributed by atoms with Crippen molar-refractivity contribution in [1.82, 2.24) is 0 Å².